The van der Waals surface area contributed by atoms with E-state index in [1.807, 2.05) is 32.0 Å². The summed E-state index contributed by atoms with van der Waals surface area (Å²) in [6, 6.07) is 5.63. The number of ether oxygens (including phenoxy) is 2. The van der Waals surface area contributed by atoms with E-state index in [0.717, 1.165) is 11.4 Å². The molecule has 1 aliphatic heterocycles. The van der Waals surface area contributed by atoms with Gasteiger partial charge < -0.3 is 14.4 Å². The smallest absolute Gasteiger partial charge is 0.228 e. The minimum absolute atomic E-state index is 0.133. The van der Waals surface area contributed by atoms with E-state index in [1.54, 1.807) is 4.90 Å². The summed E-state index contributed by atoms with van der Waals surface area (Å²) in [6.45, 7) is 5.71. The van der Waals surface area contributed by atoms with Crippen molar-refractivity contribution >= 4 is 27.5 Å². The predicted octanol–water partition coefficient (Wildman–Crippen LogP) is 2.98. The Morgan fingerprint density at radius 3 is 2.53 bits per heavy atom. The standard InChI is InChI=1S/C14H18BrNO3/c1-3-18-12-6-5-11(8-13(12)19-4-2)16-9-10(15)7-14(16)17/h5-6,8,10H,3-4,7,9H2,1-2H3. The van der Waals surface area contributed by atoms with Crippen LogP contribution in [-0.2, 0) is 4.79 Å². The van der Waals surface area contributed by atoms with Gasteiger partial charge >= 0.3 is 0 Å². The fourth-order valence-corrected chi connectivity index (χ4v) is 2.69. The van der Waals surface area contributed by atoms with E-state index >= 15 is 0 Å². The lowest BCUT2D eigenvalue weighted by Crippen LogP contribution is -2.24. The van der Waals surface area contributed by atoms with Gasteiger partial charge in [-0.25, -0.2) is 0 Å². The average Bonchev–Trinajstić information content (AvgIpc) is 2.71. The third-order valence-electron chi connectivity index (χ3n) is 2.92. The molecule has 5 heteroatoms. The van der Waals surface area contributed by atoms with Gasteiger partial charge in [0.15, 0.2) is 11.5 Å². The summed E-state index contributed by atoms with van der Waals surface area (Å²) < 4.78 is 11.1. The van der Waals surface area contributed by atoms with Crippen molar-refractivity contribution in [2.75, 3.05) is 24.7 Å². The molecule has 0 saturated carbocycles. The number of anilines is 1. The van der Waals surface area contributed by atoms with Gasteiger partial charge in [-0.15, -0.1) is 0 Å². The molecule has 1 amide bonds. The van der Waals surface area contributed by atoms with E-state index in [4.69, 9.17) is 9.47 Å². The van der Waals surface area contributed by atoms with Crippen LogP contribution in [0.1, 0.15) is 20.3 Å². The number of halogens is 1. The van der Waals surface area contributed by atoms with Gasteiger partial charge in [0, 0.05) is 29.5 Å². The molecule has 1 atom stereocenters. The molecule has 2 rings (SSSR count). The summed E-state index contributed by atoms with van der Waals surface area (Å²) in [6.07, 6.45) is 0.539. The van der Waals surface area contributed by atoms with Crippen molar-refractivity contribution in [3.63, 3.8) is 0 Å². The van der Waals surface area contributed by atoms with E-state index < -0.39 is 0 Å². The van der Waals surface area contributed by atoms with Gasteiger partial charge in [-0.3, -0.25) is 4.79 Å². The third kappa shape index (κ3) is 3.21. The quantitative estimate of drug-likeness (QED) is 0.780. The van der Waals surface area contributed by atoms with Crippen LogP contribution in [0.4, 0.5) is 5.69 Å². The maximum atomic E-state index is 11.9. The molecule has 0 aromatic heterocycles. The van der Waals surface area contributed by atoms with Crippen molar-refractivity contribution in [2.24, 2.45) is 0 Å². The first-order chi connectivity index (χ1) is 9.15. The maximum Gasteiger partial charge on any atom is 0.228 e. The Bertz CT molecular complexity index is 464. The molecule has 1 aromatic rings. The molecular weight excluding hydrogens is 310 g/mol. The Morgan fingerprint density at radius 2 is 1.95 bits per heavy atom. The Kier molecular flexibility index (Phi) is 4.69. The highest BCUT2D eigenvalue weighted by molar-refractivity contribution is 9.09. The van der Waals surface area contributed by atoms with Crippen LogP contribution in [0.3, 0.4) is 0 Å². The van der Waals surface area contributed by atoms with Crippen molar-refractivity contribution < 1.29 is 14.3 Å². The largest absolute Gasteiger partial charge is 0.490 e. The van der Waals surface area contributed by atoms with Crippen LogP contribution < -0.4 is 14.4 Å². The fraction of sp³-hybridized carbons (Fsp3) is 0.500. The second-order valence-corrected chi connectivity index (χ2v) is 5.60. The lowest BCUT2D eigenvalue weighted by Gasteiger charge is -2.18. The van der Waals surface area contributed by atoms with Gasteiger partial charge in [-0.1, -0.05) is 15.9 Å². The molecule has 0 spiro atoms. The molecule has 0 aliphatic carbocycles. The number of hydrogen-bond donors (Lipinski definition) is 0. The SMILES string of the molecule is CCOc1ccc(N2CC(Br)CC2=O)cc1OCC. The van der Waals surface area contributed by atoms with Crippen molar-refractivity contribution in [2.45, 2.75) is 25.1 Å². The summed E-state index contributed by atoms with van der Waals surface area (Å²) in [4.78, 5) is 13.9. The molecule has 1 aromatic carbocycles. The first-order valence-corrected chi connectivity index (χ1v) is 7.41. The van der Waals surface area contributed by atoms with E-state index in [9.17, 15) is 4.79 Å². The first kappa shape index (κ1) is 14.2. The minimum atomic E-state index is 0.133. The van der Waals surface area contributed by atoms with E-state index in [0.29, 0.717) is 31.9 Å². The monoisotopic (exact) mass is 327 g/mol. The van der Waals surface area contributed by atoms with Crippen LogP contribution in [0.2, 0.25) is 0 Å². The molecule has 19 heavy (non-hydrogen) atoms. The molecule has 1 saturated heterocycles. The second-order valence-electron chi connectivity index (χ2n) is 4.30. The molecule has 1 aliphatic rings. The zero-order valence-corrected chi connectivity index (χ0v) is 12.8. The highest BCUT2D eigenvalue weighted by atomic mass is 79.9. The lowest BCUT2D eigenvalue weighted by molar-refractivity contribution is -0.117. The summed E-state index contributed by atoms with van der Waals surface area (Å²) in [7, 11) is 0. The highest BCUT2D eigenvalue weighted by Gasteiger charge is 2.29. The van der Waals surface area contributed by atoms with E-state index in [-0.39, 0.29) is 10.7 Å². The number of amides is 1. The average molecular weight is 328 g/mol. The van der Waals surface area contributed by atoms with Crippen LogP contribution >= 0.6 is 15.9 Å². The van der Waals surface area contributed by atoms with Crippen molar-refractivity contribution in [3.8, 4) is 11.5 Å². The van der Waals surface area contributed by atoms with Crippen molar-refractivity contribution in [1.82, 2.24) is 0 Å². The van der Waals surface area contributed by atoms with E-state index in [2.05, 4.69) is 15.9 Å². The zero-order valence-electron chi connectivity index (χ0n) is 11.2. The Hall–Kier alpha value is -1.23. The number of nitrogens with zero attached hydrogens (tertiary/aromatic N) is 1. The van der Waals surface area contributed by atoms with E-state index in [1.165, 1.54) is 0 Å². The molecule has 0 radical (unpaired) electrons. The Balaban J connectivity index is 2.27. The second kappa shape index (κ2) is 6.28. The van der Waals surface area contributed by atoms with Crippen LogP contribution in [-0.4, -0.2) is 30.5 Å². The number of carbonyl (C=O) groups is 1. The maximum absolute atomic E-state index is 11.9. The zero-order chi connectivity index (χ0) is 13.8. The lowest BCUT2D eigenvalue weighted by atomic mass is 10.2. The summed E-state index contributed by atoms with van der Waals surface area (Å²) >= 11 is 3.49. The van der Waals surface area contributed by atoms with Gasteiger partial charge in [0.25, 0.3) is 0 Å². The number of benzene rings is 1. The number of carbonyl (C=O) groups excluding carboxylic acids is 1. The van der Waals surface area contributed by atoms with Gasteiger partial charge in [-0.2, -0.15) is 0 Å². The summed E-state index contributed by atoms with van der Waals surface area (Å²) in [5.74, 6) is 1.54. The number of alkyl halides is 1. The molecule has 1 fully saturated rings. The first-order valence-electron chi connectivity index (χ1n) is 6.49. The van der Waals surface area contributed by atoms with Crippen LogP contribution in [0, 0.1) is 0 Å². The van der Waals surface area contributed by atoms with Crippen LogP contribution in [0.5, 0.6) is 11.5 Å². The molecule has 0 bridgehead atoms. The Morgan fingerprint density at radius 1 is 1.26 bits per heavy atom. The normalized spacial score (nSPS) is 18.8. The van der Waals surface area contributed by atoms with Gasteiger partial charge in [-0.05, 0) is 26.0 Å². The summed E-state index contributed by atoms with van der Waals surface area (Å²) in [5.41, 5.74) is 0.860. The summed E-state index contributed by atoms with van der Waals surface area (Å²) in [5, 5.41) is 0. The van der Waals surface area contributed by atoms with Crippen molar-refractivity contribution in [3.05, 3.63) is 18.2 Å². The molecule has 1 unspecified atom stereocenters. The number of hydrogen-bond acceptors (Lipinski definition) is 3. The molecule has 104 valence electrons. The van der Waals surface area contributed by atoms with Crippen LogP contribution in [0.25, 0.3) is 0 Å². The van der Waals surface area contributed by atoms with Gasteiger partial charge in [0.2, 0.25) is 5.91 Å². The third-order valence-corrected chi connectivity index (χ3v) is 3.53. The Labute approximate surface area is 121 Å². The molecule has 1 heterocycles. The van der Waals surface area contributed by atoms with Crippen molar-refractivity contribution in [1.29, 1.82) is 0 Å². The number of rotatable bonds is 5. The minimum Gasteiger partial charge on any atom is -0.490 e. The predicted molar refractivity (Wildman–Crippen MR) is 78.5 cm³/mol. The van der Waals surface area contributed by atoms with Crippen LogP contribution in [0.15, 0.2) is 18.2 Å². The van der Waals surface area contributed by atoms with Gasteiger partial charge in [0.1, 0.15) is 0 Å². The topological polar surface area (TPSA) is 38.8 Å². The van der Waals surface area contributed by atoms with Gasteiger partial charge in [0.05, 0.1) is 13.2 Å². The molecule has 4 nitrogen and oxygen atoms in total. The molecule has 0 N–H and O–H groups in total. The fourth-order valence-electron chi connectivity index (χ4n) is 2.12. The highest BCUT2D eigenvalue weighted by Crippen LogP contribution is 2.34. The molecular formula is C14H18BrNO3.